The lowest BCUT2D eigenvalue weighted by Gasteiger charge is -2.21. The number of nitrogens with one attached hydrogen (secondary N) is 1. The minimum atomic E-state index is -0.141. The van der Waals surface area contributed by atoms with Gasteiger partial charge in [-0.2, -0.15) is 0 Å². The Hall–Kier alpha value is -3.21. The second kappa shape index (κ2) is 7.99. The third kappa shape index (κ3) is 4.31. The van der Waals surface area contributed by atoms with Gasteiger partial charge in [0.2, 0.25) is 0 Å². The molecule has 0 saturated carbocycles. The Morgan fingerprint density at radius 1 is 1.00 bits per heavy atom. The minimum absolute atomic E-state index is 0.141. The SMILES string of the molecule is CCN(C(=O)c1cc(Nc2cc(C)ccc2C)nc(C)n1)c1ccccc1. The van der Waals surface area contributed by atoms with E-state index in [1.807, 2.05) is 51.1 Å². The lowest BCUT2D eigenvalue weighted by molar-refractivity contribution is 0.0983. The van der Waals surface area contributed by atoms with Crippen LogP contribution in [-0.4, -0.2) is 22.4 Å². The number of carbonyl (C=O) groups is 1. The second-order valence-corrected chi connectivity index (χ2v) is 6.51. The molecule has 2 aromatic carbocycles. The maximum absolute atomic E-state index is 13.1. The van der Waals surface area contributed by atoms with Gasteiger partial charge in [0.15, 0.2) is 0 Å². The maximum atomic E-state index is 13.1. The summed E-state index contributed by atoms with van der Waals surface area (Å²) in [6.45, 7) is 8.39. The fourth-order valence-electron chi connectivity index (χ4n) is 2.94. The quantitative estimate of drug-likeness (QED) is 0.709. The van der Waals surface area contributed by atoms with Gasteiger partial charge in [-0.15, -0.1) is 0 Å². The number of hydrogen-bond donors (Lipinski definition) is 1. The number of rotatable bonds is 5. The Morgan fingerprint density at radius 2 is 1.74 bits per heavy atom. The molecule has 0 saturated heterocycles. The van der Waals surface area contributed by atoms with E-state index in [4.69, 9.17) is 0 Å². The molecule has 3 rings (SSSR count). The molecule has 0 spiro atoms. The molecule has 1 N–H and O–H groups in total. The van der Waals surface area contributed by atoms with Crippen molar-refractivity contribution >= 4 is 23.1 Å². The van der Waals surface area contributed by atoms with Crippen molar-refractivity contribution in [3.05, 3.63) is 77.2 Å². The van der Waals surface area contributed by atoms with E-state index >= 15 is 0 Å². The van der Waals surface area contributed by atoms with Crippen molar-refractivity contribution in [3.63, 3.8) is 0 Å². The third-order valence-corrected chi connectivity index (χ3v) is 4.34. The van der Waals surface area contributed by atoms with Gasteiger partial charge in [0.25, 0.3) is 5.91 Å². The Bertz CT molecular complexity index is 954. The van der Waals surface area contributed by atoms with E-state index in [2.05, 4.69) is 33.5 Å². The van der Waals surface area contributed by atoms with Crippen LogP contribution < -0.4 is 10.2 Å². The first-order valence-corrected chi connectivity index (χ1v) is 9.05. The van der Waals surface area contributed by atoms with E-state index in [0.29, 0.717) is 23.9 Å². The highest BCUT2D eigenvalue weighted by atomic mass is 16.2. The monoisotopic (exact) mass is 360 g/mol. The fraction of sp³-hybridized carbons (Fsp3) is 0.227. The lowest BCUT2D eigenvalue weighted by atomic mass is 10.1. The minimum Gasteiger partial charge on any atom is -0.340 e. The Morgan fingerprint density at radius 3 is 2.44 bits per heavy atom. The van der Waals surface area contributed by atoms with Crippen LogP contribution in [0.2, 0.25) is 0 Å². The summed E-state index contributed by atoms with van der Waals surface area (Å²) in [7, 11) is 0. The Labute approximate surface area is 160 Å². The number of anilines is 3. The third-order valence-electron chi connectivity index (χ3n) is 4.34. The molecular weight excluding hydrogens is 336 g/mol. The highest BCUT2D eigenvalue weighted by molar-refractivity contribution is 6.05. The number of nitrogens with zero attached hydrogens (tertiary/aromatic N) is 3. The zero-order valence-electron chi connectivity index (χ0n) is 16.2. The number of benzene rings is 2. The number of hydrogen-bond acceptors (Lipinski definition) is 4. The first kappa shape index (κ1) is 18.6. The molecule has 5 heteroatoms. The molecule has 0 aliphatic heterocycles. The molecule has 5 nitrogen and oxygen atoms in total. The summed E-state index contributed by atoms with van der Waals surface area (Å²) in [4.78, 5) is 23.6. The van der Waals surface area contributed by atoms with Gasteiger partial charge >= 0.3 is 0 Å². The first-order valence-electron chi connectivity index (χ1n) is 9.05. The number of aryl methyl sites for hydroxylation is 3. The number of aromatic nitrogens is 2. The van der Waals surface area contributed by atoms with Crippen LogP contribution in [0.3, 0.4) is 0 Å². The van der Waals surface area contributed by atoms with Gasteiger partial charge in [-0.05, 0) is 57.0 Å². The van der Waals surface area contributed by atoms with Crippen molar-refractivity contribution in [3.8, 4) is 0 Å². The average Bonchev–Trinajstić information content (AvgIpc) is 2.65. The highest BCUT2D eigenvalue weighted by Crippen LogP contribution is 2.22. The molecule has 27 heavy (non-hydrogen) atoms. The summed E-state index contributed by atoms with van der Waals surface area (Å²) in [5.41, 5.74) is 4.48. The summed E-state index contributed by atoms with van der Waals surface area (Å²) in [5.74, 6) is 1.03. The van der Waals surface area contributed by atoms with E-state index in [0.717, 1.165) is 22.5 Å². The summed E-state index contributed by atoms with van der Waals surface area (Å²) in [5, 5.41) is 3.32. The molecule has 0 radical (unpaired) electrons. The van der Waals surface area contributed by atoms with E-state index in [1.54, 1.807) is 17.9 Å². The van der Waals surface area contributed by atoms with E-state index in [9.17, 15) is 4.79 Å². The van der Waals surface area contributed by atoms with Crippen LogP contribution in [0.1, 0.15) is 34.4 Å². The second-order valence-electron chi connectivity index (χ2n) is 6.51. The van der Waals surface area contributed by atoms with E-state index in [1.165, 1.54) is 0 Å². The van der Waals surface area contributed by atoms with Crippen molar-refractivity contribution in [2.45, 2.75) is 27.7 Å². The fourth-order valence-corrected chi connectivity index (χ4v) is 2.94. The smallest absolute Gasteiger partial charge is 0.277 e. The van der Waals surface area contributed by atoms with Crippen LogP contribution in [0.5, 0.6) is 0 Å². The molecule has 138 valence electrons. The maximum Gasteiger partial charge on any atom is 0.277 e. The van der Waals surface area contributed by atoms with E-state index < -0.39 is 0 Å². The predicted octanol–water partition coefficient (Wildman–Crippen LogP) is 4.81. The van der Waals surface area contributed by atoms with Gasteiger partial charge in [-0.25, -0.2) is 9.97 Å². The van der Waals surface area contributed by atoms with Crippen molar-refractivity contribution < 1.29 is 4.79 Å². The van der Waals surface area contributed by atoms with Gasteiger partial charge in [0, 0.05) is 24.0 Å². The molecule has 3 aromatic rings. The summed E-state index contributed by atoms with van der Waals surface area (Å²) < 4.78 is 0. The van der Waals surface area contributed by atoms with Gasteiger partial charge < -0.3 is 10.2 Å². The summed E-state index contributed by atoms with van der Waals surface area (Å²) in [6.07, 6.45) is 0. The van der Waals surface area contributed by atoms with E-state index in [-0.39, 0.29) is 5.91 Å². The normalized spacial score (nSPS) is 10.5. The van der Waals surface area contributed by atoms with Crippen molar-refractivity contribution in [2.24, 2.45) is 0 Å². The molecule has 1 heterocycles. The van der Waals surface area contributed by atoms with Crippen molar-refractivity contribution in [1.29, 1.82) is 0 Å². The van der Waals surface area contributed by atoms with Crippen LogP contribution in [0.25, 0.3) is 0 Å². The molecule has 0 aliphatic carbocycles. The highest BCUT2D eigenvalue weighted by Gasteiger charge is 2.19. The van der Waals surface area contributed by atoms with Crippen molar-refractivity contribution in [2.75, 3.05) is 16.8 Å². The molecule has 0 bridgehead atoms. The topological polar surface area (TPSA) is 58.1 Å². The van der Waals surface area contributed by atoms with Gasteiger partial charge in [-0.1, -0.05) is 30.3 Å². The Kier molecular flexibility index (Phi) is 5.50. The lowest BCUT2D eigenvalue weighted by Crippen LogP contribution is -2.31. The average molecular weight is 360 g/mol. The zero-order chi connectivity index (χ0) is 19.4. The zero-order valence-corrected chi connectivity index (χ0v) is 16.2. The standard InChI is InChI=1S/C22H24N4O/c1-5-26(18-9-7-6-8-10-18)22(27)20-14-21(24-17(4)23-20)25-19-13-15(2)11-12-16(19)3/h6-14H,5H2,1-4H3,(H,23,24,25). The number of amides is 1. The largest absolute Gasteiger partial charge is 0.340 e. The first-order chi connectivity index (χ1) is 13.0. The van der Waals surface area contributed by atoms with Gasteiger partial charge in [0.1, 0.15) is 17.3 Å². The molecule has 0 aliphatic rings. The van der Waals surface area contributed by atoms with Crippen LogP contribution in [0.15, 0.2) is 54.6 Å². The molecule has 1 amide bonds. The Balaban J connectivity index is 1.93. The number of para-hydroxylation sites is 1. The molecule has 0 fully saturated rings. The van der Waals surface area contributed by atoms with Crippen LogP contribution in [0.4, 0.5) is 17.2 Å². The predicted molar refractivity (Wildman–Crippen MR) is 110 cm³/mol. The van der Waals surface area contributed by atoms with Crippen molar-refractivity contribution in [1.82, 2.24) is 9.97 Å². The molecule has 1 aromatic heterocycles. The number of carbonyl (C=O) groups excluding carboxylic acids is 1. The van der Waals surface area contributed by atoms with Crippen LogP contribution in [-0.2, 0) is 0 Å². The van der Waals surface area contributed by atoms with Crippen LogP contribution >= 0.6 is 0 Å². The molecule has 0 atom stereocenters. The summed E-state index contributed by atoms with van der Waals surface area (Å²) >= 11 is 0. The molecule has 0 unspecified atom stereocenters. The summed E-state index contributed by atoms with van der Waals surface area (Å²) in [6, 6.07) is 17.5. The van der Waals surface area contributed by atoms with Gasteiger partial charge in [-0.3, -0.25) is 4.79 Å². The van der Waals surface area contributed by atoms with Gasteiger partial charge in [0.05, 0.1) is 0 Å². The molecular formula is C22H24N4O. The van der Waals surface area contributed by atoms with Crippen LogP contribution in [0, 0.1) is 20.8 Å².